The van der Waals surface area contributed by atoms with Gasteiger partial charge in [-0.05, 0) is 25.3 Å². The third-order valence-corrected chi connectivity index (χ3v) is 3.86. The predicted octanol–water partition coefficient (Wildman–Crippen LogP) is 1.99. The van der Waals surface area contributed by atoms with Crippen molar-refractivity contribution in [1.82, 2.24) is 4.90 Å². The fourth-order valence-corrected chi connectivity index (χ4v) is 2.61. The molecule has 1 amide bonds. The van der Waals surface area contributed by atoms with Gasteiger partial charge in [0.15, 0.2) is 0 Å². The third kappa shape index (κ3) is 1.50. The minimum absolute atomic E-state index is 0.0438. The summed E-state index contributed by atoms with van der Waals surface area (Å²) < 4.78 is 0. The summed E-state index contributed by atoms with van der Waals surface area (Å²) in [6, 6.07) is 7.61. The maximum Gasteiger partial charge on any atom is 0.259 e. The van der Waals surface area contributed by atoms with Crippen LogP contribution in [0.2, 0.25) is 0 Å². The van der Waals surface area contributed by atoms with Crippen molar-refractivity contribution in [3.05, 3.63) is 42.0 Å². The van der Waals surface area contributed by atoms with Gasteiger partial charge in [-0.1, -0.05) is 24.8 Å². The quantitative estimate of drug-likeness (QED) is 0.841. The summed E-state index contributed by atoms with van der Waals surface area (Å²) in [5.41, 5.74) is 8.50. The number of fused-ring (bicyclic) bond motifs is 1. The molecule has 0 radical (unpaired) electrons. The van der Waals surface area contributed by atoms with Gasteiger partial charge >= 0.3 is 0 Å². The van der Waals surface area contributed by atoms with E-state index < -0.39 is 0 Å². The van der Waals surface area contributed by atoms with Crippen LogP contribution in [0.1, 0.15) is 35.2 Å². The highest BCUT2D eigenvalue weighted by Crippen LogP contribution is 2.36. The average Bonchev–Trinajstić information content (AvgIpc) is 2.53. The van der Waals surface area contributed by atoms with Crippen LogP contribution in [0.4, 0.5) is 0 Å². The van der Waals surface area contributed by atoms with Crippen molar-refractivity contribution in [1.29, 1.82) is 0 Å². The fraction of sp³-hybridized carbons (Fsp3) is 0.357. The van der Waals surface area contributed by atoms with Crippen molar-refractivity contribution >= 4 is 11.6 Å². The Balaban J connectivity index is 1.90. The molecule has 3 rings (SSSR count). The molecule has 1 fully saturated rings. The van der Waals surface area contributed by atoms with Crippen LogP contribution in [0.5, 0.6) is 0 Å². The molecule has 1 heterocycles. The van der Waals surface area contributed by atoms with Gasteiger partial charge in [0, 0.05) is 28.9 Å². The number of nitrogens with two attached hydrogens (primary N) is 1. The normalized spacial score (nSPS) is 21.4. The topological polar surface area (TPSA) is 46.3 Å². The molecule has 0 spiro atoms. The largest absolute Gasteiger partial charge is 0.324 e. The zero-order valence-electron chi connectivity index (χ0n) is 9.78. The van der Waals surface area contributed by atoms with Crippen molar-refractivity contribution in [2.45, 2.75) is 24.8 Å². The minimum atomic E-state index is -0.194. The Hall–Kier alpha value is -1.61. The van der Waals surface area contributed by atoms with Crippen LogP contribution in [0.15, 0.2) is 30.8 Å². The Morgan fingerprint density at radius 1 is 1.29 bits per heavy atom. The molecule has 1 aliphatic heterocycles. The van der Waals surface area contributed by atoms with Crippen molar-refractivity contribution in [3.8, 4) is 0 Å². The number of hydrogen-bond donors (Lipinski definition) is 1. The Morgan fingerprint density at radius 3 is 2.47 bits per heavy atom. The molecule has 1 saturated carbocycles. The van der Waals surface area contributed by atoms with E-state index in [-0.39, 0.29) is 11.4 Å². The Bertz CT molecular complexity index is 468. The van der Waals surface area contributed by atoms with Gasteiger partial charge in [-0.25, -0.2) is 0 Å². The molecule has 0 unspecified atom stereocenters. The highest BCUT2D eigenvalue weighted by Gasteiger charge is 2.39. The highest BCUT2D eigenvalue weighted by atomic mass is 16.2. The molecular formula is C14H16N2O. The molecule has 1 aromatic carbocycles. The Labute approximate surface area is 101 Å². The van der Waals surface area contributed by atoms with Crippen LogP contribution < -0.4 is 5.73 Å². The summed E-state index contributed by atoms with van der Waals surface area (Å²) in [5.74, 6) is 0.0438. The van der Waals surface area contributed by atoms with Crippen LogP contribution in [0.3, 0.4) is 0 Å². The second kappa shape index (κ2) is 3.44. The number of benzene rings is 1. The van der Waals surface area contributed by atoms with Gasteiger partial charge in [0.25, 0.3) is 5.91 Å². The molecule has 0 atom stereocenters. The summed E-state index contributed by atoms with van der Waals surface area (Å²) in [7, 11) is 0. The zero-order valence-corrected chi connectivity index (χ0v) is 9.78. The van der Waals surface area contributed by atoms with Crippen molar-refractivity contribution in [3.63, 3.8) is 0 Å². The van der Waals surface area contributed by atoms with Crippen LogP contribution in [-0.4, -0.2) is 22.9 Å². The number of amides is 1. The average molecular weight is 228 g/mol. The van der Waals surface area contributed by atoms with E-state index in [1.165, 1.54) is 0 Å². The first-order valence-corrected chi connectivity index (χ1v) is 6.00. The van der Waals surface area contributed by atoms with Gasteiger partial charge in [-0.15, -0.1) is 0 Å². The van der Waals surface area contributed by atoms with Gasteiger partial charge in [0.1, 0.15) is 0 Å². The summed E-state index contributed by atoms with van der Waals surface area (Å²) in [6.07, 6.45) is 3.17. The lowest BCUT2D eigenvalue weighted by atomic mass is 9.77. The Morgan fingerprint density at radius 2 is 1.94 bits per heavy atom. The lowest BCUT2D eigenvalue weighted by Crippen LogP contribution is -2.54. The van der Waals surface area contributed by atoms with Crippen LogP contribution >= 0.6 is 0 Å². The van der Waals surface area contributed by atoms with E-state index in [0.717, 1.165) is 36.1 Å². The molecule has 1 aliphatic carbocycles. The SMILES string of the molecule is C=C1c2ccccc2C(=O)N1CC1(N)CCC1. The summed E-state index contributed by atoms with van der Waals surface area (Å²) in [5, 5.41) is 0. The molecular weight excluding hydrogens is 212 g/mol. The predicted molar refractivity (Wildman–Crippen MR) is 67.3 cm³/mol. The Kier molecular flexibility index (Phi) is 2.13. The summed E-state index contributed by atoms with van der Waals surface area (Å²) in [6.45, 7) is 4.62. The van der Waals surface area contributed by atoms with Gasteiger partial charge in [-0.2, -0.15) is 0 Å². The van der Waals surface area contributed by atoms with Gasteiger partial charge < -0.3 is 10.6 Å². The molecule has 2 N–H and O–H groups in total. The second-order valence-corrected chi connectivity index (χ2v) is 5.10. The first kappa shape index (κ1) is 10.5. The number of hydrogen-bond acceptors (Lipinski definition) is 2. The summed E-state index contributed by atoms with van der Waals surface area (Å²) in [4.78, 5) is 14.0. The molecule has 2 aliphatic rings. The number of carbonyl (C=O) groups is 1. The van der Waals surface area contributed by atoms with E-state index >= 15 is 0 Å². The van der Waals surface area contributed by atoms with E-state index in [1.807, 2.05) is 24.3 Å². The monoisotopic (exact) mass is 228 g/mol. The van der Waals surface area contributed by atoms with E-state index in [0.29, 0.717) is 6.54 Å². The van der Waals surface area contributed by atoms with E-state index in [1.54, 1.807) is 4.90 Å². The lowest BCUT2D eigenvalue weighted by Gasteiger charge is -2.41. The first-order valence-electron chi connectivity index (χ1n) is 6.00. The van der Waals surface area contributed by atoms with Crippen LogP contribution in [0.25, 0.3) is 5.70 Å². The van der Waals surface area contributed by atoms with Crippen LogP contribution in [0, 0.1) is 0 Å². The first-order chi connectivity index (χ1) is 8.11. The summed E-state index contributed by atoms with van der Waals surface area (Å²) >= 11 is 0. The second-order valence-electron chi connectivity index (χ2n) is 5.10. The molecule has 1 aromatic rings. The van der Waals surface area contributed by atoms with Gasteiger partial charge in [0.05, 0.1) is 0 Å². The lowest BCUT2D eigenvalue weighted by molar-refractivity contribution is 0.0790. The molecule has 0 saturated heterocycles. The third-order valence-electron chi connectivity index (χ3n) is 3.86. The maximum atomic E-state index is 12.2. The molecule has 0 bridgehead atoms. The smallest absolute Gasteiger partial charge is 0.259 e. The van der Waals surface area contributed by atoms with E-state index in [9.17, 15) is 4.79 Å². The number of carbonyl (C=O) groups excluding carboxylic acids is 1. The van der Waals surface area contributed by atoms with E-state index in [4.69, 9.17) is 5.73 Å². The molecule has 3 nitrogen and oxygen atoms in total. The van der Waals surface area contributed by atoms with Crippen molar-refractivity contribution in [2.75, 3.05) is 6.54 Å². The van der Waals surface area contributed by atoms with E-state index in [2.05, 4.69) is 6.58 Å². The molecule has 0 aromatic heterocycles. The fourth-order valence-electron chi connectivity index (χ4n) is 2.61. The van der Waals surface area contributed by atoms with Gasteiger partial charge in [0.2, 0.25) is 0 Å². The highest BCUT2D eigenvalue weighted by molar-refractivity contribution is 6.08. The van der Waals surface area contributed by atoms with Crippen molar-refractivity contribution in [2.24, 2.45) is 5.73 Å². The van der Waals surface area contributed by atoms with Crippen molar-refractivity contribution < 1.29 is 4.79 Å². The van der Waals surface area contributed by atoms with Gasteiger partial charge in [-0.3, -0.25) is 4.79 Å². The molecule has 88 valence electrons. The number of rotatable bonds is 2. The minimum Gasteiger partial charge on any atom is -0.324 e. The molecule has 17 heavy (non-hydrogen) atoms. The zero-order chi connectivity index (χ0) is 12.0. The van der Waals surface area contributed by atoms with Crippen LogP contribution in [-0.2, 0) is 0 Å². The maximum absolute atomic E-state index is 12.2. The number of nitrogens with zero attached hydrogens (tertiary/aromatic N) is 1. The standard InChI is InChI=1S/C14H16N2O/c1-10-11-5-2-3-6-12(11)13(17)16(10)9-14(15)7-4-8-14/h2-3,5-6H,1,4,7-9,15H2. The molecule has 3 heteroatoms.